The summed E-state index contributed by atoms with van der Waals surface area (Å²) in [5, 5.41) is 11.7. The number of aromatic nitrogens is 6. The van der Waals surface area contributed by atoms with Gasteiger partial charge in [0.2, 0.25) is 0 Å². The lowest BCUT2D eigenvalue weighted by molar-refractivity contribution is 0.204. The van der Waals surface area contributed by atoms with Crippen LogP contribution in [0, 0.1) is 12.7 Å². The number of halogens is 1. The van der Waals surface area contributed by atoms with E-state index in [4.69, 9.17) is 10.5 Å². The van der Waals surface area contributed by atoms with Crippen molar-refractivity contribution >= 4 is 22.7 Å². The largest absolute Gasteiger partial charge is 0.457 e. The molecule has 1 fully saturated rings. The van der Waals surface area contributed by atoms with Crippen molar-refractivity contribution in [1.29, 1.82) is 0 Å². The van der Waals surface area contributed by atoms with E-state index in [1.165, 1.54) is 18.9 Å². The van der Waals surface area contributed by atoms with E-state index in [0.29, 0.717) is 34.8 Å². The summed E-state index contributed by atoms with van der Waals surface area (Å²) in [4.78, 5) is 10.8. The number of ether oxygens (including phenoxy) is 1. The minimum absolute atomic E-state index is 0.221. The number of likely N-dealkylation sites (tertiary alicyclic amines) is 1. The van der Waals surface area contributed by atoms with Crippen LogP contribution in [-0.2, 0) is 6.54 Å². The Morgan fingerprint density at radius 1 is 1.08 bits per heavy atom. The molecule has 0 unspecified atom stereocenters. The maximum Gasteiger partial charge on any atom is 0.158 e. The third-order valence-corrected chi connectivity index (χ3v) is 6.56. The first kappa shape index (κ1) is 22.4. The number of fused-ring (bicyclic) bond motifs is 2. The van der Waals surface area contributed by atoms with Crippen LogP contribution in [0.4, 0.5) is 15.9 Å². The summed E-state index contributed by atoms with van der Waals surface area (Å²) < 4.78 is 24.3. The van der Waals surface area contributed by atoms with Gasteiger partial charge in [-0.2, -0.15) is 10.2 Å². The molecule has 1 aliphatic rings. The third-order valence-electron chi connectivity index (χ3n) is 6.56. The molecule has 10 nitrogen and oxygen atoms in total. The van der Waals surface area contributed by atoms with Crippen molar-refractivity contribution in [2.45, 2.75) is 32.4 Å². The smallest absolute Gasteiger partial charge is 0.158 e. The van der Waals surface area contributed by atoms with Crippen LogP contribution in [0.5, 0.6) is 11.5 Å². The lowest BCUT2D eigenvalue weighted by Gasteiger charge is -2.29. The summed E-state index contributed by atoms with van der Waals surface area (Å²) in [7, 11) is 0. The van der Waals surface area contributed by atoms with Gasteiger partial charge in [-0.05, 0) is 62.7 Å². The average Bonchev–Trinajstić information content (AvgIpc) is 3.46. The van der Waals surface area contributed by atoms with E-state index in [2.05, 4.69) is 30.4 Å². The molecule has 0 amide bonds. The molecule has 0 atom stereocenters. The molecule has 36 heavy (non-hydrogen) atoms. The molecule has 0 aliphatic carbocycles. The second kappa shape index (κ2) is 9.17. The van der Waals surface area contributed by atoms with Gasteiger partial charge < -0.3 is 15.8 Å². The van der Waals surface area contributed by atoms with Crippen molar-refractivity contribution < 1.29 is 9.13 Å². The Labute approximate surface area is 206 Å². The van der Waals surface area contributed by atoms with E-state index < -0.39 is 0 Å². The van der Waals surface area contributed by atoms with Gasteiger partial charge in [0.25, 0.3) is 0 Å². The van der Waals surface area contributed by atoms with Gasteiger partial charge in [-0.3, -0.25) is 4.90 Å². The quantitative estimate of drug-likeness (QED) is 0.373. The molecule has 0 saturated carbocycles. The monoisotopic (exact) mass is 487 g/mol. The zero-order valence-corrected chi connectivity index (χ0v) is 19.8. The summed E-state index contributed by atoms with van der Waals surface area (Å²) in [6, 6.07) is 9.65. The first-order valence-corrected chi connectivity index (χ1v) is 11.9. The molecule has 4 aromatic heterocycles. The number of piperidine rings is 1. The molecule has 1 aliphatic heterocycles. The Hall–Kier alpha value is -4.09. The van der Waals surface area contributed by atoms with Crippen LogP contribution in [0.15, 0.2) is 55.4 Å². The first-order chi connectivity index (χ1) is 17.5. The Balaban J connectivity index is 1.25. The van der Waals surface area contributed by atoms with Crippen LogP contribution in [0.25, 0.3) is 11.2 Å². The molecule has 1 aromatic carbocycles. The number of rotatable bonds is 6. The second-order valence-corrected chi connectivity index (χ2v) is 9.10. The van der Waals surface area contributed by atoms with E-state index in [1.54, 1.807) is 15.2 Å². The van der Waals surface area contributed by atoms with Crippen LogP contribution in [0.1, 0.15) is 24.0 Å². The highest BCUT2D eigenvalue weighted by atomic mass is 19.1. The molecular formula is C25H26FN9O. The lowest BCUT2D eigenvalue weighted by Crippen LogP contribution is -2.39. The first-order valence-electron chi connectivity index (χ1n) is 11.9. The number of hydrogen-bond donors (Lipinski definition) is 2. The number of nitrogens with zero attached hydrogens (tertiary/aromatic N) is 7. The summed E-state index contributed by atoms with van der Waals surface area (Å²) in [5.74, 6) is 1.64. The molecule has 6 rings (SSSR count). The fraction of sp³-hybridized carbons (Fsp3) is 0.280. The van der Waals surface area contributed by atoms with Crippen LogP contribution >= 0.6 is 0 Å². The maximum absolute atomic E-state index is 15.0. The minimum Gasteiger partial charge on any atom is -0.457 e. The van der Waals surface area contributed by atoms with Crippen molar-refractivity contribution in [1.82, 2.24) is 34.1 Å². The highest BCUT2D eigenvalue weighted by Gasteiger charge is 2.22. The molecule has 11 heteroatoms. The predicted molar refractivity (Wildman–Crippen MR) is 133 cm³/mol. The van der Waals surface area contributed by atoms with Gasteiger partial charge in [-0.15, -0.1) is 0 Å². The number of pyridine rings is 1. The van der Waals surface area contributed by atoms with Gasteiger partial charge in [0.05, 0.1) is 6.20 Å². The molecule has 0 radical (unpaired) electrons. The molecule has 5 heterocycles. The minimum atomic E-state index is -0.294. The van der Waals surface area contributed by atoms with Gasteiger partial charge in [0.1, 0.15) is 35.5 Å². The highest BCUT2D eigenvalue weighted by Crippen LogP contribution is 2.31. The molecule has 0 bridgehead atoms. The predicted octanol–water partition coefficient (Wildman–Crippen LogP) is 3.68. The number of aryl methyl sites for hydroxylation is 1. The Morgan fingerprint density at radius 2 is 1.89 bits per heavy atom. The average molecular weight is 488 g/mol. The summed E-state index contributed by atoms with van der Waals surface area (Å²) in [6.07, 6.45) is 7.95. The van der Waals surface area contributed by atoms with Crippen LogP contribution in [0.2, 0.25) is 0 Å². The van der Waals surface area contributed by atoms with Gasteiger partial charge in [0.15, 0.2) is 11.5 Å². The van der Waals surface area contributed by atoms with Crippen molar-refractivity contribution in [3.63, 3.8) is 0 Å². The number of nitrogens with two attached hydrogens (primary N) is 1. The lowest BCUT2D eigenvalue weighted by atomic mass is 10.1. The normalized spacial score (nSPS) is 15.1. The second-order valence-electron chi connectivity index (χ2n) is 9.10. The van der Waals surface area contributed by atoms with Gasteiger partial charge in [-0.1, -0.05) is 0 Å². The summed E-state index contributed by atoms with van der Waals surface area (Å²) in [5.41, 5.74) is 9.69. The fourth-order valence-electron chi connectivity index (χ4n) is 4.59. The van der Waals surface area contributed by atoms with E-state index in [9.17, 15) is 4.39 Å². The van der Waals surface area contributed by atoms with Crippen molar-refractivity contribution in [3.05, 3.63) is 72.3 Å². The topological polar surface area (TPSA) is 111 Å². The van der Waals surface area contributed by atoms with E-state index in [1.807, 2.05) is 37.3 Å². The van der Waals surface area contributed by atoms with Crippen molar-refractivity contribution in [2.24, 2.45) is 5.73 Å². The van der Waals surface area contributed by atoms with Crippen LogP contribution in [0.3, 0.4) is 0 Å². The zero-order chi connectivity index (χ0) is 24.6. The Morgan fingerprint density at radius 3 is 2.72 bits per heavy atom. The van der Waals surface area contributed by atoms with Crippen molar-refractivity contribution in [2.75, 3.05) is 18.4 Å². The number of anilines is 2. The molecule has 184 valence electrons. The van der Waals surface area contributed by atoms with E-state index in [0.717, 1.165) is 42.9 Å². The van der Waals surface area contributed by atoms with Crippen LogP contribution in [-0.4, -0.2) is 53.2 Å². The zero-order valence-electron chi connectivity index (χ0n) is 19.8. The maximum atomic E-state index is 15.0. The Bertz CT molecular complexity index is 1540. The summed E-state index contributed by atoms with van der Waals surface area (Å²) >= 11 is 0. The SMILES string of the molecule is Cc1cc(Nc2ncnn3cc(F)c(CN4CCC(N)CC4)c23)ccc1Oc1ccn2ncnc2c1. The van der Waals surface area contributed by atoms with E-state index >= 15 is 0 Å². The van der Waals surface area contributed by atoms with Gasteiger partial charge >= 0.3 is 0 Å². The summed E-state index contributed by atoms with van der Waals surface area (Å²) in [6.45, 7) is 4.15. The number of hydrogen-bond acceptors (Lipinski definition) is 8. The molecule has 3 N–H and O–H groups in total. The van der Waals surface area contributed by atoms with Gasteiger partial charge in [0, 0.05) is 36.1 Å². The third kappa shape index (κ3) is 4.34. The highest BCUT2D eigenvalue weighted by molar-refractivity contribution is 5.77. The van der Waals surface area contributed by atoms with Crippen molar-refractivity contribution in [3.8, 4) is 11.5 Å². The number of nitrogens with one attached hydrogen (secondary N) is 1. The fourth-order valence-corrected chi connectivity index (χ4v) is 4.59. The van der Waals surface area contributed by atoms with Crippen LogP contribution < -0.4 is 15.8 Å². The van der Waals surface area contributed by atoms with Gasteiger partial charge in [-0.25, -0.2) is 23.4 Å². The molecule has 0 spiro atoms. The Kier molecular flexibility index (Phi) is 5.70. The molecule has 5 aromatic rings. The molecule has 1 saturated heterocycles. The number of benzene rings is 1. The molecular weight excluding hydrogens is 461 g/mol. The standard InChI is InChI=1S/C25H26FN9O/c1-16-10-18(2-3-22(16)36-19-6-9-34-23(11-19)28-14-30-34)32-25-24-20(12-33-7-4-17(27)5-8-33)21(26)13-35(24)31-15-29-25/h2-3,6,9-11,13-15,17H,4-5,7-8,12,27H2,1H3,(H,29,31,32). The van der Waals surface area contributed by atoms with E-state index in [-0.39, 0.29) is 11.9 Å².